The third-order valence-electron chi connectivity index (χ3n) is 3.03. The van der Waals surface area contributed by atoms with Gasteiger partial charge in [-0.1, -0.05) is 11.8 Å². The average Bonchev–Trinajstić information content (AvgIpc) is 2.57. The number of hydrogen-bond donors (Lipinski definition) is 1. The molecule has 10 heteroatoms. The van der Waals surface area contributed by atoms with E-state index in [-0.39, 0.29) is 16.1 Å². The highest BCUT2D eigenvalue weighted by atomic mass is 32.2. The summed E-state index contributed by atoms with van der Waals surface area (Å²) in [5.41, 5.74) is -0.404. The van der Waals surface area contributed by atoms with Crippen LogP contribution in [-0.4, -0.2) is 26.2 Å². The average molecular weight is 364 g/mol. The van der Waals surface area contributed by atoms with Gasteiger partial charge in [-0.15, -0.1) is 0 Å². The Morgan fingerprint density at radius 1 is 1.24 bits per heavy atom. The number of nitro groups is 1. The van der Waals surface area contributed by atoms with Gasteiger partial charge in [0, 0.05) is 12.1 Å². The highest BCUT2D eigenvalue weighted by Crippen LogP contribution is 2.19. The topological polar surface area (TPSA) is 134 Å². The van der Waals surface area contributed by atoms with Crippen molar-refractivity contribution in [3.63, 3.8) is 0 Å². The smallest absolute Gasteiger partial charge is 0.276 e. The number of nitro benzene ring substituents is 1. The van der Waals surface area contributed by atoms with Gasteiger partial charge in [-0.2, -0.15) is 13.5 Å². The van der Waals surface area contributed by atoms with Crippen LogP contribution < -0.4 is 14.7 Å². The largest absolute Gasteiger partial charge is 0.872 e. The summed E-state index contributed by atoms with van der Waals surface area (Å²) in [6.45, 7) is 2.26. The molecule has 0 spiro atoms. The molecule has 0 radical (unpaired) electrons. The molecule has 0 aliphatic rings. The van der Waals surface area contributed by atoms with E-state index in [9.17, 15) is 23.6 Å². The number of hydrazone groups is 1. The number of non-ortho nitro benzene ring substituents is 1. The first-order chi connectivity index (χ1) is 11.8. The summed E-state index contributed by atoms with van der Waals surface area (Å²) in [6, 6.07) is 8.77. The van der Waals surface area contributed by atoms with Gasteiger partial charge < -0.3 is 9.84 Å². The van der Waals surface area contributed by atoms with Crippen molar-refractivity contribution in [2.24, 2.45) is 5.10 Å². The Morgan fingerprint density at radius 2 is 1.92 bits per heavy atom. The fourth-order valence-corrected chi connectivity index (χ4v) is 2.64. The lowest BCUT2D eigenvalue weighted by atomic mass is 10.2. The zero-order chi connectivity index (χ0) is 18.4. The van der Waals surface area contributed by atoms with Gasteiger partial charge in [0.2, 0.25) is 0 Å². The van der Waals surface area contributed by atoms with Crippen molar-refractivity contribution >= 4 is 21.9 Å². The second-order valence-electron chi connectivity index (χ2n) is 4.74. The van der Waals surface area contributed by atoms with Crippen LogP contribution in [0.1, 0.15) is 12.5 Å². The molecule has 0 aromatic heterocycles. The summed E-state index contributed by atoms with van der Waals surface area (Å²) in [5.74, 6) is 0.00663. The van der Waals surface area contributed by atoms with Crippen molar-refractivity contribution in [3.05, 3.63) is 58.1 Å². The number of ether oxygens (including phenoxy) is 1. The van der Waals surface area contributed by atoms with E-state index >= 15 is 0 Å². The molecule has 132 valence electrons. The Labute approximate surface area is 143 Å². The molecule has 0 fully saturated rings. The Bertz CT molecular complexity index is 894. The molecule has 2 rings (SSSR count). The van der Waals surface area contributed by atoms with Crippen molar-refractivity contribution < 1.29 is 23.2 Å². The number of nitrogens with one attached hydrogen (secondary N) is 1. The maximum atomic E-state index is 12.1. The molecule has 0 bridgehead atoms. The van der Waals surface area contributed by atoms with E-state index in [4.69, 9.17) is 4.74 Å². The summed E-state index contributed by atoms with van der Waals surface area (Å²) >= 11 is 0. The molecular weight excluding hydrogens is 350 g/mol. The van der Waals surface area contributed by atoms with Crippen LogP contribution in [0.4, 0.5) is 5.69 Å². The van der Waals surface area contributed by atoms with E-state index < -0.39 is 20.7 Å². The minimum atomic E-state index is -3.94. The Kier molecular flexibility index (Phi) is 5.55. The third-order valence-corrected chi connectivity index (χ3v) is 4.26. The minimum Gasteiger partial charge on any atom is -0.872 e. The molecule has 0 saturated carbocycles. The van der Waals surface area contributed by atoms with E-state index in [1.54, 1.807) is 6.92 Å². The zero-order valence-corrected chi connectivity index (χ0v) is 13.9. The number of nitrogens with zero attached hydrogens (tertiary/aromatic N) is 2. The molecule has 1 N–H and O–H groups in total. The monoisotopic (exact) mass is 364 g/mol. The van der Waals surface area contributed by atoms with Crippen molar-refractivity contribution in [2.45, 2.75) is 11.8 Å². The summed E-state index contributed by atoms with van der Waals surface area (Å²) in [5, 5.41) is 25.8. The molecule has 0 aliphatic carbocycles. The molecule has 0 heterocycles. The van der Waals surface area contributed by atoms with Gasteiger partial charge in [0.05, 0.1) is 22.6 Å². The van der Waals surface area contributed by atoms with Crippen LogP contribution in [0.15, 0.2) is 52.5 Å². The number of hydrogen-bond acceptors (Lipinski definition) is 7. The number of rotatable bonds is 7. The van der Waals surface area contributed by atoms with Crippen molar-refractivity contribution in [1.82, 2.24) is 4.83 Å². The summed E-state index contributed by atoms with van der Waals surface area (Å²) in [4.78, 5) is 11.9. The van der Waals surface area contributed by atoms with Gasteiger partial charge in [-0.05, 0) is 36.8 Å². The maximum absolute atomic E-state index is 12.1. The molecule has 2 aromatic carbocycles. The first kappa shape index (κ1) is 18.2. The number of benzene rings is 2. The molecule has 0 unspecified atom stereocenters. The van der Waals surface area contributed by atoms with E-state index in [2.05, 4.69) is 5.10 Å². The van der Waals surface area contributed by atoms with Gasteiger partial charge in [0.25, 0.3) is 15.7 Å². The minimum absolute atomic E-state index is 0.0468. The predicted octanol–water partition coefficient (Wildman–Crippen LogP) is 1.38. The number of sulfonamides is 1. The van der Waals surface area contributed by atoms with Gasteiger partial charge in [0.15, 0.2) is 0 Å². The maximum Gasteiger partial charge on any atom is 0.276 e. The zero-order valence-electron chi connectivity index (χ0n) is 13.1. The summed E-state index contributed by atoms with van der Waals surface area (Å²) < 4.78 is 29.4. The van der Waals surface area contributed by atoms with Crippen molar-refractivity contribution in [3.8, 4) is 11.5 Å². The Morgan fingerprint density at radius 3 is 2.52 bits per heavy atom. The Hall–Kier alpha value is -3.14. The van der Waals surface area contributed by atoms with Gasteiger partial charge in [-0.3, -0.25) is 10.1 Å². The van der Waals surface area contributed by atoms with Crippen LogP contribution in [0.5, 0.6) is 11.5 Å². The first-order valence-electron chi connectivity index (χ1n) is 7.06. The SMILES string of the molecule is CCOc1ccc(S(=O)(=O)N/N=C\c2cc([N+](=O)[O-])ccc2[O-])cc1. The van der Waals surface area contributed by atoms with Gasteiger partial charge in [0.1, 0.15) is 5.75 Å². The normalized spacial score (nSPS) is 11.4. The molecular formula is C15H14N3O6S-. The summed E-state index contributed by atoms with van der Waals surface area (Å²) in [6.07, 6.45) is 0.918. The highest BCUT2D eigenvalue weighted by Gasteiger charge is 2.12. The first-order valence-corrected chi connectivity index (χ1v) is 8.55. The Balaban J connectivity index is 2.15. The van der Waals surface area contributed by atoms with E-state index in [1.807, 2.05) is 4.83 Å². The lowest BCUT2D eigenvalue weighted by Crippen LogP contribution is -2.18. The molecule has 0 saturated heterocycles. The molecule has 0 aliphatic heterocycles. The fraction of sp³-hybridized carbons (Fsp3) is 0.133. The van der Waals surface area contributed by atoms with E-state index in [0.29, 0.717) is 12.4 Å². The van der Waals surface area contributed by atoms with Crippen LogP contribution in [0.3, 0.4) is 0 Å². The molecule has 25 heavy (non-hydrogen) atoms. The van der Waals surface area contributed by atoms with Crippen LogP contribution >= 0.6 is 0 Å². The second kappa shape index (κ2) is 7.62. The van der Waals surface area contributed by atoms with E-state index in [0.717, 1.165) is 24.4 Å². The third kappa shape index (κ3) is 4.67. The lowest BCUT2D eigenvalue weighted by molar-refractivity contribution is -0.385. The lowest BCUT2D eigenvalue weighted by Gasteiger charge is -2.09. The van der Waals surface area contributed by atoms with E-state index in [1.165, 1.54) is 24.3 Å². The van der Waals surface area contributed by atoms with Gasteiger partial charge >= 0.3 is 0 Å². The van der Waals surface area contributed by atoms with Crippen molar-refractivity contribution in [1.29, 1.82) is 0 Å². The predicted molar refractivity (Wildman–Crippen MR) is 88.1 cm³/mol. The van der Waals surface area contributed by atoms with Gasteiger partial charge in [-0.25, -0.2) is 4.83 Å². The molecule has 0 atom stereocenters. The van der Waals surface area contributed by atoms with Crippen LogP contribution in [0, 0.1) is 10.1 Å². The molecule has 9 nitrogen and oxygen atoms in total. The van der Waals surface area contributed by atoms with Crippen LogP contribution in [0.25, 0.3) is 0 Å². The van der Waals surface area contributed by atoms with Crippen LogP contribution in [-0.2, 0) is 10.0 Å². The standard InChI is InChI=1S/C15H15N3O6S/c1-2-24-13-4-6-14(7-5-13)25(22,23)17-16-10-11-9-12(18(20)21)3-8-15(11)19/h3-10,17,19H,2H2,1H3/p-1/b16-10-. The molecule has 0 amide bonds. The quantitative estimate of drug-likeness (QED) is 0.448. The fourth-order valence-electron chi connectivity index (χ4n) is 1.85. The van der Waals surface area contributed by atoms with Crippen LogP contribution in [0.2, 0.25) is 0 Å². The second-order valence-corrected chi connectivity index (χ2v) is 6.40. The highest BCUT2D eigenvalue weighted by molar-refractivity contribution is 7.89. The van der Waals surface area contributed by atoms with Crippen molar-refractivity contribution in [2.75, 3.05) is 6.61 Å². The summed E-state index contributed by atoms with van der Waals surface area (Å²) in [7, 11) is -3.94. The molecule has 2 aromatic rings.